The van der Waals surface area contributed by atoms with E-state index in [1.807, 2.05) is 30.3 Å². The van der Waals surface area contributed by atoms with Crippen molar-refractivity contribution in [1.82, 2.24) is 10.2 Å². The summed E-state index contributed by atoms with van der Waals surface area (Å²) < 4.78 is 14.9. The number of hydrogen-bond donors (Lipinski definition) is 4. The number of rotatable bonds is 13. The van der Waals surface area contributed by atoms with Crippen molar-refractivity contribution in [2.24, 2.45) is 0 Å². The summed E-state index contributed by atoms with van der Waals surface area (Å²) in [5, 5.41) is 24.4. The van der Waals surface area contributed by atoms with Crippen molar-refractivity contribution in [2.75, 3.05) is 32.6 Å². The minimum absolute atomic E-state index is 0.00360. The van der Waals surface area contributed by atoms with Crippen molar-refractivity contribution in [3.8, 4) is 11.5 Å². The maximum Gasteiger partial charge on any atom is 0.411 e. The first kappa shape index (κ1) is 31.9. The van der Waals surface area contributed by atoms with Crippen molar-refractivity contribution in [3.05, 3.63) is 89.5 Å². The number of carbonyl (C=O) groups is 5. The normalized spacial score (nSPS) is 11.0. The third kappa shape index (κ3) is 9.78. The van der Waals surface area contributed by atoms with Gasteiger partial charge in [0.25, 0.3) is 5.91 Å². The molecule has 0 aliphatic heterocycles. The molecule has 0 aliphatic carbocycles. The first-order chi connectivity index (χ1) is 20.6. The average Bonchev–Trinajstić information content (AvgIpc) is 2.99. The number of amides is 3. The molecule has 3 aromatic rings. The number of carbonyl (C=O) groups excluding carboxylic acids is 4. The van der Waals surface area contributed by atoms with Gasteiger partial charge in [-0.3, -0.25) is 19.7 Å². The fourth-order valence-electron chi connectivity index (χ4n) is 3.95. The molecule has 0 aliphatic rings. The molecule has 0 heterocycles. The predicted octanol–water partition coefficient (Wildman–Crippen LogP) is 2.58. The van der Waals surface area contributed by atoms with E-state index >= 15 is 0 Å². The molecule has 226 valence electrons. The maximum atomic E-state index is 13.0. The van der Waals surface area contributed by atoms with Crippen LogP contribution in [0.4, 0.5) is 10.5 Å². The summed E-state index contributed by atoms with van der Waals surface area (Å²) in [6.45, 7) is -1.41. The second-order valence-electron chi connectivity index (χ2n) is 9.17. The summed E-state index contributed by atoms with van der Waals surface area (Å²) in [6.07, 6.45) is -0.655. The summed E-state index contributed by atoms with van der Waals surface area (Å²) in [5.74, 6) is -4.04. The zero-order valence-electron chi connectivity index (χ0n) is 23.4. The monoisotopic (exact) mass is 593 g/mol. The zero-order chi connectivity index (χ0) is 31.4. The molecule has 1 atom stereocenters. The minimum atomic E-state index is -1.37. The first-order valence-corrected chi connectivity index (χ1v) is 12.9. The molecule has 0 unspecified atom stereocenters. The van der Waals surface area contributed by atoms with Crippen LogP contribution in [0.15, 0.2) is 72.8 Å². The van der Waals surface area contributed by atoms with Crippen LogP contribution in [0.1, 0.15) is 21.5 Å². The number of methoxy groups -OCH3 is 2. The summed E-state index contributed by atoms with van der Waals surface area (Å²) in [5.41, 5.74) is 1.80. The largest absolute Gasteiger partial charge is 0.504 e. The van der Waals surface area contributed by atoms with Gasteiger partial charge in [-0.1, -0.05) is 42.5 Å². The molecule has 0 radical (unpaired) electrons. The van der Waals surface area contributed by atoms with Crippen molar-refractivity contribution < 1.29 is 48.4 Å². The molecular weight excluding hydrogens is 562 g/mol. The van der Waals surface area contributed by atoms with Crippen LogP contribution < -0.4 is 15.4 Å². The number of aromatic hydroxyl groups is 1. The van der Waals surface area contributed by atoms with Crippen molar-refractivity contribution in [3.63, 3.8) is 0 Å². The summed E-state index contributed by atoms with van der Waals surface area (Å²) in [4.78, 5) is 62.5. The van der Waals surface area contributed by atoms with E-state index < -0.39 is 49.0 Å². The molecule has 0 bridgehead atoms. The Kier molecular flexibility index (Phi) is 11.5. The predicted molar refractivity (Wildman–Crippen MR) is 153 cm³/mol. The van der Waals surface area contributed by atoms with Crippen LogP contribution in [0, 0.1) is 0 Å². The molecule has 3 rings (SSSR count). The molecule has 0 aromatic heterocycles. The van der Waals surface area contributed by atoms with E-state index in [9.17, 15) is 34.2 Å². The number of hydrogen-bond acceptors (Lipinski definition) is 9. The molecule has 3 aromatic carbocycles. The Bertz CT molecular complexity index is 1440. The topological polar surface area (TPSA) is 181 Å². The van der Waals surface area contributed by atoms with Gasteiger partial charge in [0.05, 0.1) is 14.2 Å². The number of esters is 1. The van der Waals surface area contributed by atoms with Crippen LogP contribution >= 0.6 is 0 Å². The second-order valence-corrected chi connectivity index (χ2v) is 9.17. The van der Waals surface area contributed by atoms with Gasteiger partial charge in [0.1, 0.15) is 25.7 Å². The van der Waals surface area contributed by atoms with Gasteiger partial charge in [-0.2, -0.15) is 0 Å². The molecule has 0 spiro atoms. The van der Waals surface area contributed by atoms with Crippen LogP contribution in [-0.2, 0) is 36.9 Å². The number of nitrogens with one attached hydrogen (secondary N) is 2. The van der Waals surface area contributed by atoms with E-state index in [1.54, 1.807) is 24.3 Å². The Hall–Kier alpha value is -5.59. The molecule has 4 N–H and O–H groups in total. The third-order valence-electron chi connectivity index (χ3n) is 6.05. The SMILES string of the molecule is COC(=O)[C@H](Cc1ccc(NC(=O)OCc2ccccc2)cc1)NC(=O)CN(CC(=O)O)C(=O)c1ccc(OC)c(O)c1. The number of ether oxygens (including phenoxy) is 3. The van der Waals surface area contributed by atoms with Crippen LogP contribution in [0.2, 0.25) is 0 Å². The van der Waals surface area contributed by atoms with E-state index in [2.05, 4.69) is 10.6 Å². The van der Waals surface area contributed by atoms with E-state index in [1.165, 1.54) is 19.2 Å². The number of benzene rings is 3. The third-order valence-corrected chi connectivity index (χ3v) is 6.05. The van der Waals surface area contributed by atoms with E-state index in [-0.39, 0.29) is 30.1 Å². The van der Waals surface area contributed by atoms with Gasteiger partial charge >= 0.3 is 18.0 Å². The standard InChI is InChI=1S/C30H31N3O10/c1-41-25-13-10-21(15-24(25)34)28(38)33(17-27(36)37)16-26(35)32-23(29(39)42-2)14-19-8-11-22(12-9-19)31-30(40)43-18-20-6-4-3-5-7-20/h3-13,15,23,34H,14,16-18H2,1-2H3,(H,31,40)(H,32,35)(H,36,37)/t23-/m0/s1. The van der Waals surface area contributed by atoms with Gasteiger partial charge in [-0.05, 0) is 41.5 Å². The van der Waals surface area contributed by atoms with Gasteiger partial charge < -0.3 is 34.6 Å². The number of nitrogens with zero attached hydrogens (tertiary/aromatic N) is 1. The fourth-order valence-corrected chi connectivity index (χ4v) is 3.95. The zero-order valence-corrected chi connectivity index (χ0v) is 23.4. The Morgan fingerprint density at radius 3 is 2.19 bits per heavy atom. The number of phenolic OH excluding ortho intramolecular Hbond substituents is 1. The number of carboxylic acid groups (broad SMARTS) is 1. The highest BCUT2D eigenvalue weighted by Gasteiger charge is 2.26. The number of aliphatic carboxylic acids is 1. The summed E-state index contributed by atoms with van der Waals surface area (Å²) in [6, 6.07) is 18.2. The maximum absolute atomic E-state index is 13.0. The summed E-state index contributed by atoms with van der Waals surface area (Å²) >= 11 is 0. The molecule has 43 heavy (non-hydrogen) atoms. The summed E-state index contributed by atoms with van der Waals surface area (Å²) in [7, 11) is 2.47. The lowest BCUT2D eigenvalue weighted by atomic mass is 10.1. The molecule has 0 fully saturated rings. The molecule has 0 saturated heterocycles. The molecule has 3 amide bonds. The highest BCUT2D eigenvalue weighted by Crippen LogP contribution is 2.26. The second kappa shape index (κ2) is 15.4. The van der Waals surface area contributed by atoms with E-state index in [4.69, 9.17) is 14.2 Å². The van der Waals surface area contributed by atoms with Gasteiger partial charge in [-0.15, -0.1) is 0 Å². The van der Waals surface area contributed by atoms with Crippen LogP contribution in [0.5, 0.6) is 11.5 Å². The molecule has 13 nitrogen and oxygen atoms in total. The fraction of sp³-hybridized carbons (Fsp3) is 0.233. The average molecular weight is 594 g/mol. The Labute approximate surface area is 247 Å². The minimum Gasteiger partial charge on any atom is -0.504 e. The highest BCUT2D eigenvalue weighted by atomic mass is 16.5. The van der Waals surface area contributed by atoms with Gasteiger partial charge in [0.2, 0.25) is 5.91 Å². The lowest BCUT2D eigenvalue weighted by molar-refractivity contribution is -0.145. The lowest BCUT2D eigenvalue weighted by Crippen LogP contribution is -2.49. The van der Waals surface area contributed by atoms with E-state index in [0.29, 0.717) is 11.3 Å². The first-order valence-electron chi connectivity index (χ1n) is 12.9. The van der Waals surface area contributed by atoms with Crippen molar-refractivity contribution in [1.29, 1.82) is 0 Å². The van der Waals surface area contributed by atoms with Crippen LogP contribution in [0.3, 0.4) is 0 Å². The van der Waals surface area contributed by atoms with Gasteiger partial charge in [-0.25, -0.2) is 9.59 Å². The highest BCUT2D eigenvalue weighted by molar-refractivity contribution is 5.99. The van der Waals surface area contributed by atoms with Crippen LogP contribution in [-0.4, -0.2) is 78.3 Å². The number of anilines is 1. The Morgan fingerprint density at radius 2 is 1.58 bits per heavy atom. The molecular formula is C30H31N3O10. The van der Waals surface area contributed by atoms with Crippen molar-refractivity contribution in [2.45, 2.75) is 19.1 Å². The Balaban J connectivity index is 1.62. The number of phenols is 1. The Morgan fingerprint density at radius 1 is 0.884 bits per heavy atom. The van der Waals surface area contributed by atoms with Crippen LogP contribution in [0.25, 0.3) is 0 Å². The van der Waals surface area contributed by atoms with Gasteiger partial charge in [0, 0.05) is 17.7 Å². The number of carboxylic acids is 1. The molecule has 13 heteroatoms. The van der Waals surface area contributed by atoms with Crippen molar-refractivity contribution >= 4 is 35.5 Å². The smallest absolute Gasteiger partial charge is 0.411 e. The van der Waals surface area contributed by atoms with E-state index in [0.717, 1.165) is 23.6 Å². The lowest BCUT2D eigenvalue weighted by Gasteiger charge is -2.23. The molecule has 0 saturated carbocycles. The quantitative estimate of drug-likeness (QED) is 0.215. The van der Waals surface area contributed by atoms with Gasteiger partial charge in [0.15, 0.2) is 11.5 Å².